The van der Waals surface area contributed by atoms with Gasteiger partial charge in [-0.3, -0.25) is 19.8 Å². The molecule has 2 atom stereocenters. The van der Waals surface area contributed by atoms with Gasteiger partial charge >= 0.3 is 6.03 Å². The molecule has 4 amide bonds. The molecule has 7 heteroatoms. The number of carbonyl (C=O) groups is 3. The molecule has 3 aliphatic heterocycles. The molecule has 3 aliphatic rings. The average Bonchev–Trinajstić information content (AvgIpc) is 2.66. The Morgan fingerprint density at radius 1 is 1.27 bits per heavy atom. The number of unbranched alkanes of at least 4 members (excludes halogenated alkanes) is 1. The fourth-order valence-electron chi connectivity index (χ4n) is 4.33. The van der Waals surface area contributed by atoms with Crippen molar-refractivity contribution in [2.45, 2.75) is 32.2 Å². The number of fused-ring (bicyclic) bond motifs is 4. The molecule has 0 aromatic heterocycles. The van der Waals surface area contributed by atoms with Crippen molar-refractivity contribution in [3.8, 4) is 0 Å². The van der Waals surface area contributed by atoms with Crippen LogP contribution in [0.15, 0.2) is 24.3 Å². The lowest BCUT2D eigenvalue weighted by atomic mass is 9.68. The van der Waals surface area contributed by atoms with Gasteiger partial charge in [0.2, 0.25) is 11.8 Å². The van der Waals surface area contributed by atoms with E-state index in [2.05, 4.69) is 10.2 Å². The summed E-state index contributed by atoms with van der Waals surface area (Å²) < 4.78 is 5.64. The largest absolute Gasteiger partial charge is 0.377 e. The molecule has 2 fully saturated rings. The normalized spacial score (nSPS) is 28.0. The molecule has 0 saturated carbocycles. The predicted molar refractivity (Wildman–Crippen MR) is 94.7 cm³/mol. The van der Waals surface area contributed by atoms with E-state index >= 15 is 0 Å². The Morgan fingerprint density at radius 3 is 2.88 bits per heavy atom. The number of imide groups is 2. The summed E-state index contributed by atoms with van der Waals surface area (Å²) in [6.07, 6.45) is 1.86. The fourth-order valence-corrected chi connectivity index (χ4v) is 4.33. The number of anilines is 1. The van der Waals surface area contributed by atoms with Crippen LogP contribution in [0, 0.1) is 5.41 Å². The number of amides is 4. The van der Waals surface area contributed by atoms with Crippen LogP contribution in [0.25, 0.3) is 0 Å². The number of benzene rings is 1. The second kappa shape index (κ2) is 6.39. The second-order valence-corrected chi connectivity index (χ2v) is 7.13. The predicted octanol–water partition coefficient (Wildman–Crippen LogP) is 1.31. The molecule has 0 unspecified atom stereocenters. The van der Waals surface area contributed by atoms with Crippen LogP contribution < -0.4 is 10.2 Å². The van der Waals surface area contributed by atoms with Crippen molar-refractivity contribution >= 4 is 23.5 Å². The summed E-state index contributed by atoms with van der Waals surface area (Å²) in [5.41, 5.74) is 0.680. The van der Waals surface area contributed by atoms with Gasteiger partial charge in [0.05, 0.1) is 19.3 Å². The van der Waals surface area contributed by atoms with E-state index in [4.69, 9.17) is 4.74 Å². The van der Waals surface area contributed by atoms with Crippen LogP contribution in [0.1, 0.15) is 25.3 Å². The molecule has 0 aliphatic carbocycles. The summed E-state index contributed by atoms with van der Waals surface area (Å²) in [5, 5.41) is 2.44. The standard InChI is InChI=1S/C19H23N3O4/c1-2-3-8-22-17(24)19(16(23)20-18(22)25)11-13-6-4-5-7-14(13)21-9-10-26-12-15(19)21/h4-7,15H,2-3,8-12H2,1H3,(H,20,23,25)/t15-,19+/m0/s1. The van der Waals surface area contributed by atoms with Crippen LogP contribution >= 0.6 is 0 Å². The minimum absolute atomic E-state index is 0.286. The maximum absolute atomic E-state index is 13.5. The number of carbonyl (C=O) groups excluding carboxylic acids is 3. The minimum atomic E-state index is -1.32. The topological polar surface area (TPSA) is 79.0 Å². The first-order valence-corrected chi connectivity index (χ1v) is 9.19. The number of hydrogen-bond donors (Lipinski definition) is 1. The van der Waals surface area contributed by atoms with Gasteiger partial charge in [0.1, 0.15) is 0 Å². The van der Waals surface area contributed by atoms with Gasteiger partial charge in [-0.15, -0.1) is 0 Å². The summed E-state index contributed by atoms with van der Waals surface area (Å²) in [7, 11) is 0. The minimum Gasteiger partial charge on any atom is -0.377 e. The molecule has 0 radical (unpaired) electrons. The van der Waals surface area contributed by atoms with Crippen LogP contribution in [0.4, 0.5) is 10.5 Å². The van der Waals surface area contributed by atoms with Crippen molar-refractivity contribution in [3.05, 3.63) is 29.8 Å². The Bertz CT molecular complexity index is 765. The Morgan fingerprint density at radius 2 is 2.08 bits per heavy atom. The van der Waals surface area contributed by atoms with Crippen LogP contribution in [-0.2, 0) is 20.7 Å². The third-order valence-electron chi connectivity index (χ3n) is 5.70. The van der Waals surface area contributed by atoms with E-state index in [1.165, 1.54) is 4.90 Å². The van der Waals surface area contributed by atoms with Crippen LogP contribution in [0.5, 0.6) is 0 Å². The highest BCUT2D eigenvalue weighted by Crippen LogP contribution is 2.45. The molecule has 1 aromatic rings. The molecule has 0 bridgehead atoms. The molecule has 1 spiro atoms. The number of hydrogen-bond acceptors (Lipinski definition) is 5. The molecule has 1 aromatic carbocycles. The SMILES string of the molecule is CCCCN1C(=O)NC(=O)[C@]2(Cc3ccccc3N3CCOC[C@H]32)C1=O. The zero-order chi connectivity index (χ0) is 18.3. The maximum Gasteiger partial charge on any atom is 0.330 e. The Balaban J connectivity index is 1.81. The lowest BCUT2D eigenvalue weighted by Gasteiger charge is -2.53. The van der Waals surface area contributed by atoms with Crippen molar-refractivity contribution < 1.29 is 19.1 Å². The summed E-state index contributed by atoms with van der Waals surface area (Å²) in [4.78, 5) is 42.1. The molecule has 7 nitrogen and oxygen atoms in total. The Labute approximate surface area is 152 Å². The number of para-hydroxylation sites is 1. The van der Waals surface area contributed by atoms with E-state index < -0.39 is 29.3 Å². The number of ether oxygens (including phenoxy) is 1. The van der Waals surface area contributed by atoms with Crippen LogP contribution in [-0.4, -0.2) is 55.1 Å². The van der Waals surface area contributed by atoms with Crippen molar-refractivity contribution in [2.75, 3.05) is 31.2 Å². The van der Waals surface area contributed by atoms with E-state index in [9.17, 15) is 14.4 Å². The average molecular weight is 357 g/mol. The molecule has 3 heterocycles. The fraction of sp³-hybridized carbons (Fsp3) is 0.526. The first-order chi connectivity index (χ1) is 12.6. The van der Waals surface area contributed by atoms with Crippen LogP contribution in [0.2, 0.25) is 0 Å². The van der Waals surface area contributed by atoms with E-state index in [-0.39, 0.29) is 6.42 Å². The van der Waals surface area contributed by atoms with Gasteiger partial charge < -0.3 is 9.64 Å². The first kappa shape index (κ1) is 17.0. The lowest BCUT2D eigenvalue weighted by Crippen LogP contribution is -2.73. The van der Waals surface area contributed by atoms with Gasteiger partial charge in [0.25, 0.3) is 0 Å². The maximum atomic E-state index is 13.5. The van der Waals surface area contributed by atoms with Gasteiger partial charge in [-0.1, -0.05) is 31.5 Å². The molecule has 26 heavy (non-hydrogen) atoms. The summed E-state index contributed by atoms with van der Waals surface area (Å²) in [6, 6.07) is 6.83. The van der Waals surface area contributed by atoms with Gasteiger partial charge in [-0.2, -0.15) is 0 Å². The lowest BCUT2D eigenvalue weighted by molar-refractivity contribution is -0.156. The second-order valence-electron chi connectivity index (χ2n) is 7.13. The Kier molecular flexibility index (Phi) is 4.19. The number of nitrogens with one attached hydrogen (secondary N) is 1. The molecular formula is C19H23N3O4. The number of rotatable bonds is 3. The van der Waals surface area contributed by atoms with Gasteiger partial charge in [0.15, 0.2) is 5.41 Å². The van der Waals surface area contributed by atoms with Crippen molar-refractivity contribution in [1.29, 1.82) is 0 Å². The molecular weight excluding hydrogens is 334 g/mol. The van der Waals surface area contributed by atoms with E-state index in [0.717, 1.165) is 17.7 Å². The number of morpholine rings is 1. The first-order valence-electron chi connectivity index (χ1n) is 9.19. The van der Waals surface area contributed by atoms with Gasteiger partial charge in [-0.25, -0.2) is 4.79 Å². The third-order valence-corrected chi connectivity index (χ3v) is 5.70. The monoisotopic (exact) mass is 357 g/mol. The third kappa shape index (κ3) is 2.34. The molecule has 138 valence electrons. The quantitative estimate of drug-likeness (QED) is 0.826. The smallest absolute Gasteiger partial charge is 0.330 e. The van der Waals surface area contributed by atoms with Gasteiger partial charge in [-0.05, 0) is 24.5 Å². The molecule has 2 saturated heterocycles. The van der Waals surface area contributed by atoms with Crippen molar-refractivity contribution in [2.24, 2.45) is 5.41 Å². The van der Waals surface area contributed by atoms with Crippen molar-refractivity contribution in [1.82, 2.24) is 10.2 Å². The zero-order valence-corrected chi connectivity index (χ0v) is 14.9. The Hall–Kier alpha value is -2.41. The molecule has 4 rings (SSSR count). The number of urea groups is 1. The number of barbiturate groups is 1. The molecule has 1 N–H and O–H groups in total. The van der Waals surface area contributed by atoms with E-state index in [1.54, 1.807) is 0 Å². The number of nitrogens with zero attached hydrogens (tertiary/aromatic N) is 2. The summed E-state index contributed by atoms with van der Waals surface area (Å²) in [6.45, 7) is 3.79. The van der Waals surface area contributed by atoms with Crippen LogP contribution in [0.3, 0.4) is 0 Å². The van der Waals surface area contributed by atoms with Crippen molar-refractivity contribution in [3.63, 3.8) is 0 Å². The summed E-state index contributed by atoms with van der Waals surface area (Å²) >= 11 is 0. The highest BCUT2D eigenvalue weighted by molar-refractivity contribution is 6.20. The zero-order valence-electron chi connectivity index (χ0n) is 14.9. The highest BCUT2D eigenvalue weighted by Gasteiger charge is 2.62. The van der Waals surface area contributed by atoms with Gasteiger partial charge in [0, 0.05) is 18.8 Å². The van der Waals surface area contributed by atoms with E-state index in [1.807, 2.05) is 31.2 Å². The highest BCUT2D eigenvalue weighted by atomic mass is 16.5. The van der Waals surface area contributed by atoms with E-state index in [0.29, 0.717) is 32.7 Å². The summed E-state index contributed by atoms with van der Waals surface area (Å²) in [5.74, 6) is -0.898.